The number of hydrogen-bond acceptors (Lipinski definition) is 4. The summed E-state index contributed by atoms with van der Waals surface area (Å²) in [4.78, 5) is 0. The van der Waals surface area contributed by atoms with Crippen LogP contribution in [0, 0.1) is 12.7 Å². The Bertz CT molecular complexity index is 774. The highest BCUT2D eigenvalue weighted by atomic mass is 19.1. The second kappa shape index (κ2) is 4.48. The van der Waals surface area contributed by atoms with Crippen LogP contribution in [-0.2, 0) is 0 Å². The number of nitrogens with zero attached hydrogens (tertiary/aromatic N) is 3. The lowest BCUT2D eigenvalue weighted by molar-refractivity contribution is 0.411. The number of hydrogen-bond donors (Lipinski definition) is 1. The summed E-state index contributed by atoms with van der Waals surface area (Å²) in [5.41, 5.74) is 8.05. The minimum Gasteiger partial charge on any atom is -0.497 e. The van der Waals surface area contributed by atoms with E-state index in [0.29, 0.717) is 22.5 Å². The first-order chi connectivity index (χ1) is 9.61. The zero-order chi connectivity index (χ0) is 14.3. The van der Waals surface area contributed by atoms with Crippen molar-refractivity contribution in [3.05, 3.63) is 41.8 Å². The number of nitrogen functional groups attached to an aromatic ring is 1. The first-order valence-electron chi connectivity index (χ1n) is 6.05. The van der Waals surface area contributed by atoms with E-state index in [-0.39, 0.29) is 5.95 Å². The Morgan fingerprint density at radius 3 is 2.80 bits per heavy atom. The van der Waals surface area contributed by atoms with Gasteiger partial charge in [-0.1, -0.05) is 0 Å². The van der Waals surface area contributed by atoms with Gasteiger partial charge in [-0.3, -0.25) is 4.40 Å². The van der Waals surface area contributed by atoms with Crippen LogP contribution in [0.25, 0.3) is 16.8 Å². The molecule has 5 nitrogen and oxygen atoms in total. The maximum Gasteiger partial charge on any atom is 0.225 e. The quantitative estimate of drug-likeness (QED) is 0.778. The molecule has 0 aliphatic carbocycles. The fourth-order valence-corrected chi connectivity index (χ4v) is 2.28. The van der Waals surface area contributed by atoms with Gasteiger partial charge in [0.25, 0.3) is 0 Å². The summed E-state index contributed by atoms with van der Waals surface area (Å²) in [6.07, 6.45) is 1.76. The largest absolute Gasteiger partial charge is 0.497 e. The second-order valence-corrected chi connectivity index (χ2v) is 4.47. The van der Waals surface area contributed by atoms with Crippen molar-refractivity contribution in [2.45, 2.75) is 6.92 Å². The summed E-state index contributed by atoms with van der Waals surface area (Å²) >= 11 is 0. The molecule has 0 radical (unpaired) electrons. The molecule has 3 rings (SSSR count). The summed E-state index contributed by atoms with van der Waals surface area (Å²) in [5, 5.41) is 7.92. The Balaban J connectivity index is 2.31. The van der Waals surface area contributed by atoms with Gasteiger partial charge in [0.1, 0.15) is 17.3 Å². The van der Waals surface area contributed by atoms with E-state index in [1.165, 1.54) is 13.2 Å². The van der Waals surface area contributed by atoms with Crippen molar-refractivity contribution in [2.24, 2.45) is 0 Å². The van der Waals surface area contributed by atoms with Crippen molar-refractivity contribution in [1.82, 2.24) is 14.6 Å². The molecule has 0 spiro atoms. The number of anilines is 1. The topological polar surface area (TPSA) is 65.4 Å². The maximum absolute atomic E-state index is 14.3. The Kier molecular flexibility index (Phi) is 2.78. The van der Waals surface area contributed by atoms with Gasteiger partial charge in [0, 0.05) is 17.8 Å². The van der Waals surface area contributed by atoms with Gasteiger partial charge in [-0.15, -0.1) is 10.2 Å². The van der Waals surface area contributed by atoms with Crippen molar-refractivity contribution >= 4 is 11.5 Å². The predicted molar refractivity (Wildman–Crippen MR) is 74.1 cm³/mol. The average molecular weight is 272 g/mol. The predicted octanol–water partition coefficient (Wildman–Crippen LogP) is 2.43. The maximum atomic E-state index is 14.3. The van der Waals surface area contributed by atoms with Gasteiger partial charge < -0.3 is 10.5 Å². The standard InChI is InChI=1S/C14H13FN4O/c1-8-6-9(20-2)7-10(15)12(8)13-11-4-3-5-19(11)14(16)18-17-13/h3-7H,1-2H3,(H2,16,18). The molecule has 0 aliphatic heterocycles. The normalized spacial score (nSPS) is 10.9. The van der Waals surface area contributed by atoms with Crippen LogP contribution in [0.1, 0.15) is 5.56 Å². The van der Waals surface area contributed by atoms with Gasteiger partial charge in [-0.25, -0.2) is 4.39 Å². The van der Waals surface area contributed by atoms with Gasteiger partial charge in [0.2, 0.25) is 5.95 Å². The summed E-state index contributed by atoms with van der Waals surface area (Å²) in [6.45, 7) is 1.80. The Morgan fingerprint density at radius 1 is 1.30 bits per heavy atom. The van der Waals surface area contributed by atoms with Crippen LogP contribution in [0.3, 0.4) is 0 Å². The summed E-state index contributed by atoms with van der Waals surface area (Å²) in [7, 11) is 1.50. The highest BCUT2D eigenvalue weighted by Gasteiger charge is 2.16. The van der Waals surface area contributed by atoms with Crippen molar-refractivity contribution < 1.29 is 9.13 Å². The van der Waals surface area contributed by atoms with Crippen LogP contribution in [-0.4, -0.2) is 21.7 Å². The molecule has 2 heterocycles. The zero-order valence-corrected chi connectivity index (χ0v) is 11.1. The first kappa shape index (κ1) is 12.4. The molecular formula is C14H13FN4O. The Morgan fingerprint density at radius 2 is 2.10 bits per heavy atom. The summed E-state index contributed by atoms with van der Waals surface area (Å²) < 4.78 is 21.1. The van der Waals surface area contributed by atoms with E-state index in [9.17, 15) is 4.39 Å². The van der Waals surface area contributed by atoms with Crippen LogP contribution in [0.15, 0.2) is 30.5 Å². The summed E-state index contributed by atoms with van der Waals surface area (Å²) in [6, 6.07) is 6.73. The van der Waals surface area contributed by atoms with E-state index in [1.807, 2.05) is 12.1 Å². The number of halogens is 1. The van der Waals surface area contributed by atoms with E-state index in [0.717, 1.165) is 5.56 Å². The van der Waals surface area contributed by atoms with E-state index >= 15 is 0 Å². The molecule has 0 unspecified atom stereocenters. The van der Waals surface area contributed by atoms with Crippen molar-refractivity contribution in [2.75, 3.05) is 12.8 Å². The number of nitrogens with two attached hydrogens (primary N) is 1. The highest BCUT2D eigenvalue weighted by Crippen LogP contribution is 2.31. The molecule has 2 N–H and O–H groups in total. The number of ether oxygens (including phenoxy) is 1. The van der Waals surface area contributed by atoms with Gasteiger partial charge in [-0.2, -0.15) is 0 Å². The first-order valence-corrected chi connectivity index (χ1v) is 6.05. The third-order valence-corrected chi connectivity index (χ3v) is 3.22. The smallest absolute Gasteiger partial charge is 0.225 e. The number of methoxy groups -OCH3 is 1. The lowest BCUT2D eigenvalue weighted by Crippen LogP contribution is -2.04. The molecule has 0 fully saturated rings. The molecule has 3 aromatic rings. The van der Waals surface area contributed by atoms with E-state index in [4.69, 9.17) is 10.5 Å². The molecule has 0 aliphatic rings. The van der Waals surface area contributed by atoms with Crippen LogP contribution >= 0.6 is 0 Å². The molecular weight excluding hydrogens is 259 g/mol. The van der Waals surface area contributed by atoms with Gasteiger partial charge in [-0.05, 0) is 30.7 Å². The highest BCUT2D eigenvalue weighted by molar-refractivity contribution is 5.80. The molecule has 20 heavy (non-hydrogen) atoms. The van der Waals surface area contributed by atoms with Crippen molar-refractivity contribution in [1.29, 1.82) is 0 Å². The Hall–Kier alpha value is -2.63. The molecule has 0 saturated heterocycles. The number of fused-ring (bicyclic) bond motifs is 1. The van der Waals surface area contributed by atoms with Crippen LogP contribution in [0.2, 0.25) is 0 Å². The zero-order valence-electron chi connectivity index (χ0n) is 11.1. The Labute approximate surface area is 114 Å². The van der Waals surface area contributed by atoms with Gasteiger partial charge in [0.05, 0.1) is 12.6 Å². The minimum absolute atomic E-state index is 0.264. The van der Waals surface area contributed by atoms with Crippen LogP contribution in [0.5, 0.6) is 5.75 Å². The number of rotatable bonds is 2. The monoisotopic (exact) mass is 272 g/mol. The molecule has 0 bridgehead atoms. The van der Waals surface area contributed by atoms with Crippen LogP contribution < -0.4 is 10.5 Å². The fourth-order valence-electron chi connectivity index (χ4n) is 2.28. The minimum atomic E-state index is -0.399. The molecule has 0 amide bonds. The lowest BCUT2D eigenvalue weighted by Gasteiger charge is -2.11. The molecule has 102 valence electrons. The number of benzene rings is 1. The number of aryl methyl sites for hydroxylation is 1. The third-order valence-electron chi connectivity index (χ3n) is 3.22. The third kappa shape index (κ3) is 1.77. The lowest BCUT2D eigenvalue weighted by atomic mass is 10.0. The number of aromatic nitrogens is 3. The molecule has 0 atom stereocenters. The van der Waals surface area contributed by atoms with Gasteiger partial charge in [0.15, 0.2) is 0 Å². The summed E-state index contributed by atoms with van der Waals surface area (Å²) in [5.74, 6) is 0.336. The molecule has 6 heteroatoms. The van der Waals surface area contributed by atoms with E-state index < -0.39 is 5.82 Å². The van der Waals surface area contributed by atoms with E-state index in [1.54, 1.807) is 23.6 Å². The fraction of sp³-hybridized carbons (Fsp3) is 0.143. The molecule has 2 aromatic heterocycles. The SMILES string of the molecule is COc1cc(C)c(-c2nnc(N)n3cccc23)c(F)c1. The van der Waals surface area contributed by atoms with E-state index in [2.05, 4.69) is 10.2 Å². The van der Waals surface area contributed by atoms with Crippen LogP contribution in [0.4, 0.5) is 10.3 Å². The molecule has 0 saturated carbocycles. The van der Waals surface area contributed by atoms with Crippen molar-refractivity contribution in [3.63, 3.8) is 0 Å². The molecule has 1 aromatic carbocycles. The average Bonchev–Trinajstić information content (AvgIpc) is 2.90. The van der Waals surface area contributed by atoms with Gasteiger partial charge >= 0.3 is 0 Å². The van der Waals surface area contributed by atoms with Crippen molar-refractivity contribution in [3.8, 4) is 17.0 Å². The second-order valence-electron chi connectivity index (χ2n) is 4.47.